The highest BCUT2D eigenvalue weighted by Gasteiger charge is 2.21. The maximum Gasteiger partial charge on any atom is 0.330 e. The zero-order chi connectivity index (χ0) is 34.6. The van der Waals surface area contributed by atoms with Gasteiger partial charge in [0.1, 0.15) is 63.3 Å². The van der Waals surface area contributed by atoms with Crippen molar-refractivity contribution in [3.63, 3.8) is 0 Å². The van der Waals surface area contributed by atoms with Gasteiger partial charge in [0.05, 0.1) is 13.2 Å². The second kappa shape index (κ2) is 20.4. The molecule has 258 valence electrons. The topological polar surface area (TPSA) is 108 Å². The molecule has 0 aliphatic carbocycles. The monoisotopic (exact) mass is 662 g/mol. The van der Waals surface area contributed by atoms with E-state index >= 15 is 0 Å². The Labute approximate surface area is 283 Å². The summed E-state index contributed by atoms with van der Waals surface area (Å²) in [6, 6.07) is 24.6. The zero-order valence-electron chi connectivity index (χ0n) is 28.0. The van der Waals surface area contributed by atoms with E-state index in [4.69, 9.17) is 37.9 Å². The minimum Gasteiger partial charge on any atom is -0.491 e. The van der Waals surface area contributed by atoms with Gasteiger partial charge in [-0.05, 0) is 47.4 Å². The molecule has 10 nitrogen and oxygen atoms in total. The van der Waals surface area contributed by atoms with Crippen molar-refractivity contribution in [1.29, 1.82) is 0 Å². The Morgan fingerprint density at radius 1 is 0.604 bits per heavy atom. The predicted molar refractivity (Wildman–Crippen MR) is 182 cm³/mol. The lowest BCUT2D eigenvalue weighted by molar-refractivity contribution is -0.141. The van der Waals surface area contributed by atoms with Gasteiger partial charge >= 0.3 is 11.9 Å². The first kappa shape index (κ1) is 37.7. The van der Waals surface area contributed by atoms with Crippen LogP contribution in [-0.4, -0.2) is 77.0 Å². The van der Waals surface area contributed by atoms with Crippen LogP contribution in [0.3, 0.4) is 0 Å². The molecule has 0 fully saturated rings. The molecule has 0 saturated carbocycles. The van der Waals surface area contributed by atoms with E-state index in [0.29, 0.717) is 23.0 Å². The van der Waals surface area contributed by atoms with E-state index in [9.17, 15) is 9.59 Å². The average molecular weight is 663 g/mol. The molecule has 3 aromatic carbocycles. The Bertz CT molecular complexity index is 1400. The van der Waals surface area contributed by atoms with Gasteiger partial charge in [-0.3, -0.25) is 0 Å². The first-order valence-corrected chi connectivity index (χ1v) is 15.8. The largest absolute Gasteiger partial charge is 0.491 e. The second-order valence-corrected chi connectivity index (χ2v) is 11.5. The lowest BCUT2D eigenvalue weighted by Gasteiger charge is -2.24. The van der Waals surface area contributed by atoms with Crippen molar-refractivity contribution < 1.29 is 47.5 Å². The summed E-state index contributed by atoms with van der Waals surface area (Å²) in [5, 5.41) is 0. The van der Waals surface area contributed by atoms with E-state index in [-0.39, 0.29) is 58.3 Å². The van der Waals surface area contributed by atoms with Gasteiger partial charge in [-0.1, -0.05) is 76.4 Å². The molecule has 0 aliphatic rings. The number of rotatable bonds is 22. The molecule has 0 saturated heterocycles. The van der Waals surface area contributed by atoms with Crippen LogP contribution in [0.4, 0.5) is 0 Å². The fraction of sp³-hybridized carbons (Fsp3) is 0.368. The van der Waals surface area contributed by atoms with Gasteiger partial charge in [0.25, 0.3) is 0 Å². The van der Waals surface area contributed by atoms with Crippen LogP contribution in [0.1, 0.15) is 26.3 Å². The molecule has 0 aromatic heterocycles. The van der Waals surface area contributed by atoms with Crippen LogP contribution >= 0.6 is 0 Å². The molecule has 3 rings (SSSR count). The number of para-hydroxylation sites is 2. The normalized spacial score (nSPS) is 12.2. The molecule has 0 aliphatic heterocycles. The van der Waals surface area contributed by atoms with Crippen molar-refractivity contribution in [3.05, 3.63) is 110 Å². The van der Waals surface area contributed by atoms with Crippen molar-refractivity contribution in [2.75, 3.05) is 52.9 Å². The van der Waals surface area contributed by atoms with Crippen molar-refractivity contribution in [2.45, 2.75) is 38.4 Å². The Hall–Kier alpha value is -4.80. The maximum atomic E-state index is 11.5. The highest BCUT2D eigenvalue weighted by Crippen LogP contribution is 2.34. The molecular formula is C38H46O10. The highest BCUT2D eigenvalue weighted by molar-refractivity contribution is 5.81. The zero-order valence-corrected chi connectivity index (χ0v) is 28.0. The average Bonchev–Trinajstić information content (AvgIpc) is 3.10. The van der Waals surface area contributed by atoms with Crippen LogP contribution in [-0.2, 0) is 34.0 Å². The smallest absolute Gasteiger partial charge is 0.330 e. The SMILES string of the molecule is C=CC(=O)OCCOC(COc1ccccc1)COc1ccc(C(C)(C)C)cc1OCC(COc1ccccc1)OCCOC(=O)C=C. The van der Waals surface area contributed by atoms with E-state index < -0.39 is 24.1 Å². The van der Waals surface area contributed by atoms with E-state index in [0.717, 1.165) is 17.7 Å². The minimum atomic E-state index is -0.526. The number of carbonyl (C=O) groups is 2. The number of benzene rings is 3. The summed E-state index contributed by atoms with van der Waals surface area (Å²) in [7, 11) is 0. The Balaban J connectivity index is 1.72. The van der Waals surface area contributed by atoms with E-state index in [1.54, 1.807) is 0 Å². The van der Waals surface area contributed by atoms with Crippen LogP contribution in [0.15, 0.2) is 104 Å². The number of carbonyl (C=O) groups excluding carboxylic acids is 2. The molecule has 0 radical (unpaired) electrons. The van der Waals surface area contributed by atoms with E-state index in [2.05, 4.69) is 33.9 Å². The fourth-order valence-corrected chi connectivity index (χ4v) is 4.10. The summed E-state index contributed by atoms with van der Waals surface area (Å²) >= 11 is 0. The van der Waals surface area contributed by atoms with E-state index in [1.165, 1.54) is 0 Å². The molecule has 48 heavy (non-hydrogen) atoms. The Morgan fingerprint density at radius 2 is 1.04 bits per heavy atom. The summed E-state index contributed by atoms with van der Waals surface area (Å²) in [5.74, 6) is 1.33. The van der Waals surface area contributed by atoms with Crippen LogP contribution in [0.5, 0.6) is 23.0 Å². The summed E-state index contributed by atoms with van der Waals surface area (Å²) in [6.07, 6.45) is 1.19. The number of ether oxygens (including phenoxy) is 8. The van der Waals surface area contributed by atoms with Crippen molar-refractivity contribution in [2.24, 2.45) is 0 Å². The third-order valence-electron chi connectivity index (χ3n) is 6.71. The lowest BCUT2D eigenvalue weighted by atomic mass is 9.87. The van der Waals surface area contributed by atoms with Crippen LogP contribution in [0.25, 0.3) is 0 Å². The maximum absolute atomic E-state index is 11.5. The first-order valence-electron chi connectivity index (χ1n) is 15.8. The van der Waals surface area contributed by atoms with Crippen molar-refractivity contribution in [3.8, 4) is 23.0 Å². The molecule has 2 unspecified atom stereocenters. The van der Waals surface area contributed by atoms with Gasteiger partial charge in [-0.15, -0.1) is 0 Å². The molecule has 3 aromatic rings. The quantitative estimate of drug-likeness (QED) is 0.0709. The molecule has 0 amide bonds. The minimum absolute atomic E-state index is 0.0553. The molecular weight excluding hydrogens is 616 g/mol. The number of hydrogen-bond donors (Lipinski definition) is 0. The van der Waals surface area contributed by atoms with Gasteiger partial charge < -0.3 is 37.9 Å². The predicted octanol–water partition coefficient (Wildman–Crippen LogP) is 6.13. The fourth-order valence-electron chi connectivity index (χ4n) is 4.10. The molecule has 2 atom stereocenters. The molecule has 0 spiro atoms. The summed E-state index contributed by atoms with van der Waals surface area (Å²) in [6.45, 7) is 14.2. The lowest BCUT2D eigenvalue weighted by Crippen LogP contribution is -2.31. The van der Waals surface area contributed by atoms with Gasteiger partial charge in [0.15, 0.2) is 11.5 Å². The van der Waals surface area contributed by atoms with Crippen molar-refractivity contribution >= 4 is 11.9 Å². The van der Waals surface area contributed by atoms with Crippen LogP contribution in [0, 0.1) is 0 Å². The van der Waals surface area contributed by atoms with Gasteiger partial charge in [-0.2, -0.15) is 0 Å². The van der Waals surface area contributed by atoms with Crippen LogP contribution < -0.4 is 18.9 Å². The van der Waals surface area contributed by atoms with Gasteiger partial charge in [0.2, 0.25) is 0 Å². The Morgan fingerprint density at radius 3 is 1.48 bits per heavy atom. The summed E-state index contributed by atoms with van der Waals surface area (Å²) < 4.78 is 46.5. The first-order chi connectivity index (χ1) is 23.2. The number of esters is 2. The van der Waals surface area contributed by atoms with E-state index in [1.807, 2.05) is 78.9 Å². The Kier molecular flexibility index (Phi) is 16.0. The summed E-state index contributed by atoms with van der Waals surface area (Å²) in [5.41, 5.74) is 0.888. The van der Waals surface area contributed by atoms with Crippen molar-refractivity contribution in [1.82, 2.24) is 0 Å². The third-order valence-corrected chi connectivity index (χ3v) is 6.71. The number of hydrogen-bond acceptors (Lipinski definition) is 10. The molecule has 0 N–H and O–H groups in total. The third kappa shape index (κ3) is 14.3. The molecule has 0 bridgehead atoms. The second-order valence-electron chi connectivity index (χ2n) is 11.5. The standard InChI is InChI=1S/C38H46O10/c1-6-36(39)43-22-20-41-32(25-45-30-14-10-8-11-15-30)27-47-34-19-18-29(38(3,4)5)24-35(34)48-28-33(42-21-23-44-37(40)7-2)26-46-31-16-12-9-13-17-31/h6-19,24,32-33H,1-2,20-23,25-28H2,3-5H3. The molecule has 10 heteroatoms. The summed E-state index contributed by atoms with van der Waals surface area (Å²) in [4.78, 5) is 22.9. The van der Waals surface area contributed by atoms with Gasteiger partial charge in [-0.25, -0.2) is 9.59 Å². The van der Waals surface area contributed by atoms with Gasteiger partial charge in [0, 0.05) is 12.2 Å². The highest BCUT2D eigenvalue weighted by atomic mass is 16.6. The molecule has 0 heterocycles. The van der Waals surface area contributed by atoms with Crippen LogP contribution in [0.2, 0.25) is 0 Å².